The van der Waals surface area contributed by atoms with Gasteiger partial charge in [0.25, 0.3) is 17.5 Å². The lowest BCUT2D eigenvalue weighted by Crippen LogP contribution is -2.39. The number of carbonyl (C=O) groups excluding carboxylic acids is 1. The van der Waals surface area contributed by atoms with E-state index in [1.54, 1.807) is 22.7 Å². The molecule has 3 aromatic rings. The van der Waals surface area contributed by atoms with Gasteiger partial charge in [0.2, 0.25) is 0 Å². The van der Waals surface area contributed by atoms with Crippen LogP contribution in [0.4, 0.5) is 13.2 Å². The molecule has 3 aromatic heterocycles. The highest BCUT2D eigenvalue weighted by Gasteiger charge is 2.37. The Morgan fingerprint density at radius 1 is 1.13 bits per heavy atom. The average molecular weight is 435 g/mol. The second-order valence-electron chi connectivity index (χ2n) is 8.87. The zero-order chi connectivity index (χ0) is 22.6. The van der Waals surface area contributed by atoms with Crippen LogP contribution in [-0.2, 0) is 18.6 Å². The first-order valence-corrected chi connectivity index (χ1v) is 10.1. The maximum absolute atomic E-state index is 13.0. The summed E-state index contributed by atoms with van der Waals surface area (Å²) in [5, 5.41) is 8.09. The highest BCUT2D eigenvalue weighted by atomic mass is 19.4. The fourth-order valence-electron chi connectivity index (χ4n) is 3.81. The molecule has 0 aliphatic carbocycles. The molecule has 11 heteroatoms. The number of nitrogens with zero attached hydrogens (tertiary/aromatic N) is 7. The molecule has 0 N–H and O–H groups in total. The van der Waals surface area contributed by atoms with E-state index in [0.29, 0.717) is 37.3 Å². The van der Waals surface area contributed by atoms with Gasteiger partial charge in [0.15, 0.2) is 0 Å². The van der Waals surface area contributed by atoms with Crippen LogP contribution in [0.1, 0.15) is 67.2 Å². The Balaban J connectivity index is 1.51. The number of alkyl halides is 3. The number of aromatic nitrogens is 6. The smallest absolute Gasteiger partial charge is 0.337 e. The van der Waals surface area contributed by atoms with Crippen molar-refractivity contribution in [3.05, 3.63) is 41.2 Å². The molecule has 1 aliphatic rings. The Kier molecular flexibility index (Phi) is 5.01. The van der Waals surface area contributed by atoms with Gasteiger partial charge in [0.05, 0.1) is 11.4 Å². The molecular weight excluding hydrogens is 411 g/mol. The van der Waals surface area contributed by atoms with Gasteiger partial charge in [0, 0.05) is 37.7 Å². The second kappa shape index (κ2) is 7.31. The highest BCUT2D eigenvalue weighted by molar-refractivity contribution is 5.92. The molecule has 0 bridgehead atoms. The quantitative estimate of drug-likeness (QED) is 0.618. The lowest BCUT2D eigenvalue weighted by molar-refractivity contribution is -0.144. The van der Waals surface area contributed by atoms with Crippen molar-refractivity contribution in [2.45, 2.75) is 51.1 Å². The van der Waals surface area contributed by atoms with Crippen LogP contribution in [0.5, 0.6) is 0 Å². The van der Waals surface area contributed by atoms with Gasteiger partial charge in [-0.25, -0.2) is 9.50 Å². The van der Waals surface area contributed by atoms with E-state index in [1.165, 1.54) is 10.7 Å². The number of piperidine rings is 1. The summed E-state index contributed by atoms with van der Waals surface area (Å²) in [6.45, 7) is 7.10. The molecule has 0 radical (unpaired) electrons. The van der Waals surface area contributed by atoms with Gasteiger partial charge < -0.3 is 4.90 Å². The molecule has 0 unspecified atom stereocenters. The Bertz CT molecular complexity index is 1120. The van der Waals surface area contributed by atoms with Gasteiger partial charge in [-0.15, -0.1) is 5.10 Å². The van der Waals surface area contributed by atoms with Crippen LogP contribution in [0.15, 0.2) is 18.3 Å². The molecule has 166 valence electrons. The summed E-state index contributed by atoms with van der Waals surface area (Å²) in [4.78, 5) is 22.2. The Morgan fingerprint density at radius 3 is 2.39 bits per heavy atom. The number of hydrogen-bond acceptors (Lipinski definition) is 5. The minimum absolute atomic E-state index is 0.0472. The number of rotatable bonds is 2. The van der Waals surface area contributed by atoms with Gasteiger partial charge in [-0.3, -0.25) is 9.48 Å². The summed E-state index contributed by atoms with van der Waals surface area (Å²) in [7, 11) is 1.76. The normalized spacial score (nSPS) is 16.3. The van der Waals surface area contributed by atoms with E-state index in [0.717, 1.165) is 5.69 Å². The van der Waals surface area contributed by atoms with E-state index in [1.807, 2.05) is 26.8 Å². The monoisotopic (exact) mass is 435 g/mol. The highest BCUT2D eigenvalue weighted by Crippen LogP contribution is 2.31. The van der Waals surface area contributed by atoms with E-state index in [9.17, 15) is 18.0 Å². The van der Waals surface area contributed by atoms with E-state index >= 15 is 0 Å². The number of likely N-dealkylation sites (tertiary alicyclic amines) is 1. The van der Waals surface area contributed by atoms with Crippen LogP contribution in [0.3, 0.4) is 0 Å². The molecule has 31 heavy (non-hydrogen) atoms. The zero-order valence-electron chi connectivity index (χ0n) is 17.8. The lowest BCUT2D eigenvalue weighted by atomic mass is 9.92. The van der Waals surface area contributed by atoms with Crippen molar-refractivity contribution in [3.63, 3.8) is 0 Å². The fourth-order valence-corrected chi connectivity index (χ4v) is 3.81. The van der Waals surface area contributed by atoms with E-state index in [2.05, 4.69) is 20.2 Å². The van der Waals surface area contributed by atoms with Crippen LogP contribution < -0.4 is 0 Å². The molecular formula is C20H24F3N7O. The van der Waals surface area contributed by atoms with Crippen molar-refractivity contribution in [2.75, 3.05) is 13.1 Å². The van der Waals surface area contributed by atoms with Gasteiger partial charge in [-0.1, -0.05) is 20.8 Å². The predicted molar refractivity (Wildman–Crippen MR) is 106 cm³/mol. The topological polar surface area (TPSA) is 81.2 Å². The van der Waals surface area contributed by atoms with E-state index in [-0.39, 0.29) is 23.0 Å². The maximum Gasteiger partial charge on any atom is 0.453 e. The minimum Gasteiger partial charge on any atom is -0.337 e. The molecule has 1 amide bonds. The molecule has 1 fully saturated rings. The van der Waals surface area contributed by atoms with Gasteiger partial charge >= 0.3 is 6.18 Å². The minimum atomic E-state index is -4.63. The van der Waals surface area contributed by atoms with Crippen LogP contribution in [-0.4, -0.2) is 53.3 Å². The number of amides is 1. The SMILES string of the molecule is Cn1nc(C(C)(C)C)cc1C(=O)N1CCC(c2ccnc3nc(C(F)(F)F)nn23)CC1. The number of hydrogen-bond donors (Lipinski definition) is 0. The number of aryl methyl sites for hydroxylation is 1. The first kappa shape index (κ1) is 21.3. The van der Waals surface area contributed by atoms with Crippen molar-refractivity contribution in [1.82, 2.24) is 34.3 Å². The summed E-state index contributed by atoms with van der Waals surface area (Å²) >= 11 is 0. The molecule has 4 heterocycles. The Hall–Kier alpha value is -2.98. The third-order valence-electron chi connectivity index (χ3n) is 5.59. The largest absolute Gasteiger partial charge is 0.453 e. The van der Waals surface area contributed by atoms with Crippen molar-refractivity contribution >= 4 is 11.7 Å². The molecule has 8 nitrogen and oxygen atoms in total. The van der Waals surface area contributed by atoms with Crippen molar-refractivity contribution < 1.29 is 18.0 Å². The summed E-state index contributed by atoms with van der Waals surface area (Å²) in [5.74, 6) is -1.42. The second-order valence-corrected chi connectivity index (χ2v) is 8.87. The number of halogens is 3. The Morgan fingerprint density at radius 2 is 1.81 bits per heavy atom. The molecule has 1 saturated heterocycles. The molecule has 0 atom stereocenters. The molecule has 1 aliphatic heterocycles. The standard InChI is InChI=1S/C20H24F3N7O/c1-19(2,3)15-11-14(28(4)26-15)16(31)29-9-6-12(7-10-29)13-5-8-24-18-25-17(20(21,22)23)27-30(13)18/h5,8,11-12H,6-7,9-10H2,1-4H3. The molecule has 0 saturated carbocycles. The van der Waals surface area contributed by atoms with Gasteiger partial charge in [-0.05, 0) is 25.0 Å². The summed E-state index contributed by atoms with van der Waals surface area (Å²) in [6.07, 6.45) is -1.97. The van der Waals surface area contributed by atoms with Gasteiger partial charge in [-0.2, -0.15) is 23.3 Å². The molecule has 4 rings (SSSR count). The van der Waals surface area contributed by atoms with Crippen LogP contribution in [0.25, 0.3) is 5.78 Å². The predicted octanol–water partition coefficient (Wildman–Crippen LogP) is 3.19. The van der Waals surface area contributed by atoms with E-state index < -0.39 is 12.0 Å². The zero-order valence-corrected chi connectivity index (χ0v) is 17.8. The first-order chi connectivity index (χ1) is 14.4. The summed E-state index contributed by atoms with van der Waals surface area (Å²) in [6, 6.07) is 3.50. The van der Waals surface area contributed by atoms with Crippen LogP contribution in [0.2, 0.25) is 0 Å². The van der Waals surface area contributed by atoms with E-state index in [4.69, 9.17) is 0 Å². The maximum atomic E-state index is 13.0. The Labute approximate surface area is 177 Å². The molecule has 0 spiro atoms. The van der Waals surface area contributed by atoms with Crippen molar-refractivity contribution in [3.8, 4) is 0 Å². The fraction of sp³-hybridized carbons (Fsp3) is 0.550. The third kappa shape index (κ3) is 4.00. The number of carbonyl (C=O) groups is 1. The average Bonchev–Trinajstić information content (AvgIpc) is 3.31. The first-order valence-electron chi connectivity index (χ1n) is 10.1. The summed E-state index contributed by atoms with van der Waals surface area (Å²) in [5.41, 5.74) is 1.83. The summed E-state index contributed by atoms with van der Waals surface area (Å²) < 4.78 is 41.8. The van der Waals surface area contributed by atoms with Crippen LogP contribution >= 0.6 is 0 Å². The lowest BCUT2D eigenvalue weighted by Gasteiger charge is -2.32. The van der Waals surface area contributed by atoms with Crippen molar-refractivity contribution in [1.29, 1.82) is 0 Å². The number of fused-ring (bicyclic) bond motifs is 1. The van der Waals surface area contributed by atoms with Crippen LogP contribution in [0, 0.1) is 0 Å². The van der Waals surface area contributed by atoms with Crippen molar-refractivity contribution in [2.24, 2.45) is 7.05 Å². The van der Waals surface area contributed by atoms with Gasteiger partial charge in [0.1, 0.15) is 5.69 Å². The third-order valence-corrected chi connectivity index (χ3v) is 5.59. The molecule has 0 aromatic carbocycles.